The van der Waals surface area contributed by atoms with Gasteiger partial charge in [0.1, 0.15) is 24.4 Å². The minimum Gasteiger partial charge on any atom is -0.479 e. The quantitative estimate of drug-likeness (QED) is 0.182. The molecule has 0 aromatic carbocycles. The summed E-state index contributed by atoms with van der Waals surface area (Å²) in [6.07, 6.45) is 9.41. The highest BCUT2D eigenvalue weighted by Gasteiger charge is 2.55. The lowest BCUT2D eigenvalue weighted by atomic mass is 9.81. The van der Waals surface area contributed by atoms with E-state index in [9.17, 15) is 30.3 Å². The number of carbonyl (C=O) groups is 1. The second-order valence-electron chi connectivity index (χ2n) is 18.8. The summed E-state index contributed by atoms with van der Waals surface area (Å²) >= 11 is 0. The second-order valence-corrected chi connectivity index (χ2v) is 18.8. The monoisotopic (exact) mass is 804 g/mol. The van der Waals surface area contributed by atoms with Crippen molar-refractivity contribution in [1.29, 1.82) is 0 Å². The van der Waals surface area contributed by atoms with Crippen molar-refractivity contribution in [3.8, 4) is 0 Å². The van der Waals surface area contributed by atoms with E-state index in [0.717, 1.165) is 50.7 Å². The van der Waals surface area contributed by atoms with E-state index in [2.05, 4.69) is 26.5 Å². The van der Waals surface area contributed by atoms with Gasteiger partial charge < -0.3 is 58.7 Å². The Labute approximate surface area is 337 Å². The molecule has 3 spiro atoms. The lowest BCUT2D eigenvalue weighted by Gasteiger charge is -2.50. The smallest absolute Gasteiger partial charge is 0.335 e. The van der Waals surface area contributed by atoms with Gasteiger partial charge in [0.15, 0.2) is 17.2 Å². The van der Waals surface area contributed by atoms with Crippen LogP contribution in [0.3, 0.4) is 0 Å². The van der Waals surface area contributed by atoms with Gasteiger partial charge in [0, 0.05) is 37.5 Å². The Balaban J connectivity index is 0.916. The zero-order valence-electron chi connectivity index (χ0n) is 34.6. The number of carboxylic acids is 1. The molecule has 0 aromatic rings. The average molecular weight is 805 g/mol. The Kier molecular flexibility index (Phi) is 12.9. The first-order valence-electron chi connectivity index (χ1n) is 21.7. The predicted molar refractivity (Wildman–Crippen MR) is 208 cm³/mol. The maximum atomic E-state index is 11.6. The van der Waals surface area contributed by atoms with Gasteiger partial charge in [0.25, 0.3) is 0 Å². The molecule has 0 unspecified atom stereocenters. The minimum atomic E-state index is -1.96. The molecule has 7 aliphatic heterocycles. The van der Waals surface area contributed by atoms with Crippen LogP contribution in [0, 0.1) is 17.8 Å². The topological polar surface area (TPSA) is 183 Å². The molecule has 0 amide bonds. The molecule has 7 aliphatic rings. The summed E-state index contributed by atoms with van der Waals surface area (Å²) < 4.78 is 45.3. The van der Waals surface area contributed by atoms with Gasteiger partial charge in [-0.25, -0.2) is 4.79 Å². The van der Waals surface area contributed by atoms with Crippen LogP contribution in [0.25, 0.3) is 0 Å². The number of hydrogen-bond acceptors (Lipinski definition) is 12. The number of rotatable bonds is 10. The Morgan fingerprint density at radius 3 is 2.53 bits per heavy atom. The van der Waals surface area contributed by atoms with Crippen molar-refractivity contribution in [3.63, 3.8) is 0 Å². The lowest BCUT2D eigenvalue weighted by molar-refractivity contribution is -0.326. The molecule has 7 heterocycles. The normalized spacial score (nSPS) is 45.4. The van der Waals surface area contributed by atoms with E-state index in [1.807, 2.05) is 19.9 Å². The second kappa shape index (κ2) is 17.0. The summed E-state index contributed by atoms with van der Waals surface area (Å²) in [6.45, 7) is 14.5. The number of aliphatic hydroxyl groups is 4. The zero-order valence-corrected chi connectivity index (χ0v) is 34.6. The molecule has 322 valence electrons. The number of ether oxygens (including phenoxy) is 7. The van der Waals surface area contributed by atoms with Crippen molar-refractivity contribution >= 4 is 5.97 Å². The molecular weight excluding hydrogens is 736 g/mol. The molecule has 0 aromatic heterocycles. The third-order valence-corrected chi connectivity index (χ3v) is 14.1. The summed E-state index contributed by atoms with van der Waals surface area (Å²) in [7, 11) is 0. The molecule has 5 N–H and O–H groups in total. The largest absolute Gasteiger partial charge is 0.479 e. The zero-order chi connectivity index (χ0) is 40.9. The molecule has 0 saturated carbocycles. The van der Waals surface area contributed by atoms with Gasteiger partial charge in [0.05, 0.1) is 43.2 Å². The summed E-state index contributed by atoms with van der Waals surface area (Å²) in [5.41, 5.74) is -0.550. The van der Waals surface area contributed by atoms with Crippen molar-refractivity contribution in [2.24, 2.45) is 17.8 Å². The van der Waals surface area contributed by atoms with E-state index in [0.29, 0.717) is 56.4 Å². The molecule has 0 bridgehead atoms. The molecule has 6 saturated heterocycles. The molecule has 6 fully saturated rings. The highest BCUT2D eigenvalue weighted by atomic mass is 16.7. The highest BCUT2D eigenvalue weighted by Crippen LogP contribution is 2.47. The van der Waals surface area contributed by atoms with Crippen molar-refractivity contribution in [2.45, 2.75) is 209 Å². The number of fused-ring (bicyclic) bond motifs is 1. The minimum absolute atomic E-state index is 0.0262. The van der Waals surface area contributed by atoms with Gasteiger partial charge in [-0.3, -0.25) is 0 Å². The average Bonchev–Trinajstić information content (AvgIpc) is 3.56. The Bertz CT molecular complexity index is 1510. The lowest BCUT2D eigenvalue weighted by Crippen LogP contribution is -2.60. The first-order valence-corrected chi connectivity index (χ1v) is 21.7. The molecule has 0 aliphatic carbocycles. The third kappa shape index (κ3) is 9.00. The van der Waals surface area contributed by atoms with Gasteiger partial charge in [-0.05, 0) is 95.6 Å². The fraction of sp³-hybridized carbons (Fsp3) is 0.841. The predicted octanol–water partition coefficient (Wildman–Crippen LogP) is 5.21. The van der Waals surface area contributed by atoms with Crippen LogP contribution in [0.4, 0.5) is 0 Å². The molecule has 0 radical (unpaired) electrons. The highest BCUT2D eigenvalue weighted by molar-refractivity contribution is 5.76. The fourth-order valence-electron chi connectivity index (χ4n) is 10.5. The van der Waals surface area contributed by atoms with Crippen LogP contribution in [-0.4, -0.2) is 122 Å². The molecule has 57 heavy (non-hydrogen) atoms. The number of aliphatic carboxylic acids is 1. The summed E-state index contributed by atoms with van der Waals surface area (Å²) in [6, 6.07) is 0. The third-order valence-electron chi connectivity index (χ3n) is 14.1. The number of hydrogen-bond donors (Lipinski definition) is 5. The summed E-state index contributed by atoms with van der Waals surface area (Å²) in [5, 5.41) is 54.0. The van der Waals surface area contributed by atoms with E-state index in [4.69, 9.17) is 33.2 Å². The van der Waals surface area contributed by atoms with Crippen molar-refractivity contribution in [1.82, 2.24) is 0 Å². The van der Waals surface area contributed by atoms with E-state index < -0.39 is 71.7 Å². The van der Waals surface area contributed by atoms with Gasteiger partial charge in [-0.15, -0.1) is 0 Å². The standard InChI is InChI=1S/C44H68O13/c1-25-21-35(56-44(23-25)36(46)14-13-31(54-44)24-41(6,50)40(48)49)26(2)11-12-30-15-18-42(53-30)19-16-34-39(57-42)37(47)29(5)38(52-34)32(45)22-27(3)33-10-7-17-43(55-33)28(4)9-8-20-51-43/h11-12,23,26-28,30-39,45-47,50H,5,7-10,13-22,24H2,1-4,6H3,(H,48,49)/b12-11+/t26-,27+,28+,30+,31+,32+,33+,34-,35+,36-,37-,38+,39-,41-,42-,43-,44-/m1/s1. The van der Waals surface area contributed by atoms with E-state index in [1.54, 1.807) is 6.08 Å². The van der Waals surface area contributed by atoms with Crippen molar-refractivity contribution in [3.05, 3.63) is 36.0 Å². The van der Waals surface area contributed by atoms with Crippen molar-refractivity contribution < 1.29 is 63.5 Å². The van der Waals surface area contributed by atoms with Crippen LogP contribution in [0.1, 0.15) is 125 Å². The van der Waals surface area contributed by atoms with E-state index in [-0.39, 0.29) is 36.6 Å². The summed E-state index contributed by atoms with van der Waals surface area (Å²) in [4.78, 5) is 11.6. The number of aliphatic hydroxyl groups excluding tert-OH is 3. The van der Waals surface area contributed by atoms with Gasteiger partial charge in [-0.1, -0.05) is 45.1 Å². The Hall–Kier alpha value is -1.75. The van der Waals surface area contributed by atoms with Gasteiger partial charge in [-0.2, -0.15) is 0 Å². The maximum Gasteiger partial charge on any atom is 0.335 e. The molecular formula is C44H68O13. The molecule has 13 nitrogen and oxygen atoms in total. The molecule has 17 atom stereocenters. The molecule has 7 rings (SSSR count). The van der Waals surface area contributed by atoms with Gasteiger partial charge in [0.2, 0.25) is 5.79 Å². The van der Waals surface area contributed by atoms with Crippen LogP contribution in [0.2, 0.25) is 0 Å². The Morgan fingerprint density at radius 1 is 1.00 bits per heavy atom. The van der Waals surface area contributed by atoms with Crippen LogP contribution < -0.4 is 0 Å². The van der Waals surface area contributed by atoms with Crippen molar-refractivity contribution in [2.75, 3.05) is 6.61 Å². The van der Waals surface area contributed by atoms with Gasteiger partial charge >= 0.3 is 5.97 Å². The SMILES string of the molecule is C=C1[C@@H](O)[C@@H]2O[C@]3(CC[C@H](/C=C/[C@@H](C)[C@@H]4CC(C)=C[C@@]5(O[C@H](C[C@@](C)(O)C(=O)O)CC[C@H]5O)O4)O3)CC[C@H]2O[C@@H]1[C@@H](O)C[C@H](C)[C@@H]1CCC[C@@]2(OCCC[C@@H]2C)O1. The van der Waals surface area contributed by atoms with E-state index in [1.165, 1.54) is 6.92 Å². The Morgan fingerprint density at radius 2 is 1.77 bits per heavy atom. The van der Waals surface area contributed by atoms with Crippen LogP contribution >= 0.6 is 0 Å². The van der Waals surface area contributed by atoms with Crippen LogP contribution in [0.15, 0.2) is 36.0 Å². The van der Waals surface area contributed by atoms with Crippen LogP contribution in [-0.2, 0) is 38.0 Å². The first-order chi connectivity index (χ1) is 26.9. The van der Waals surface area contributed by atoms with Crippen LogP contribution in [0.5, 0.6) is 0 Å². The fourth-order valence-corrected chi connectivity index (χ4v) is 10.5. The molecule has 13 heteroatoms. The maximum absolute atomic E-state index is 11.6. The number of carboxylic acid groups (broad SMARTS) is 1. The van der Waals surface area contributed by atoms with E-state index >= 15 is 0 Å². The first kappa shape index (κ1) is 43.3. The summed E-state index contributed by atoms with van der Waals surface area (Å²) in [5.74, 6) is -3.83.